The smallest absolute Gasteiger partial charge is 0.228 e. The molecule has 3 aliphatic heterocycles. The van der Waals surface area contributed by atoms with Gasteiger partial charge in [-0.25, -0.2) is 0 Å². The van der Waals surface area contributed by atoms with Gasteiger partial charge in [0.25, 0.3) is 0 Å². The van der Waals surface area contributed by atoms with Crippen LogP contribution in [0.5, 0.6) is 0 Å². The highest BCUT2D eigenvalue weighted by Gasteiger charge is 2.38. The number of rotatable bonds is 5. The number of hydrogen-bond acceptors (Lipinski definition) is 5. The van der Waals surface area contributed by atoms with Crippen LogP contribution in [0.2, 0.25) is 0 Å². The molecule has 3 heterocycles. The molecule has 7 heteroatoms. The van der Waals surface area contributed by atoms with Crippen molar-refractivity contribution in [2.45, 2.75) is 32.2 Å². The highest BCUT2D eigenvalue weighted by Crippen LogP contribution is 2.25. The Labute approximate surface area is 150 Å². The van der Waals surface area contributed by atoms with Crippen LogP contribution in [0.3, 0.4) is 0 Å². The summed E-state index contributed by atoms with van der Waals surface area (Å²) in [5, 5.41) is 0. The van der Waals surface area contributed by atoms with Crippen molar-refractivity contribution in [2.75, 3.05) is 59.0 Å². The lowest BCUT2D eigenvalue weighted by Crippen LogP contribution is -2.47. The molecule has 25 heavy (non-hydrogen) atoms. The normalized spacial score (nSPS) is 29.9. The highest BCUT2D eigenvalue weighted by molar-refractivity contribution is 5.89. The first-order valence-corrected chi connectivity index (χ1v) is 9.67. The molecule has 0 aromatic carbocycles. The third-order valence-electron chi connectivity index (χ3n) is 5.87. The Hall–Kier alpha value is -1.18. The lowest BCUT2D eigenvalue weighted by Gasteiger charge is -2.36. The molecule has 0 aromatic rings. The van der Waals surface area contributed by atoms with Crippen molar-refractivity contribution >= 4 is 11.8 Å². The van der Waals surface area contributed by atoms with Gasteiger partial charge in [0, 0.05) is 58.3 Å². The molecule has 3 rings (SSSR count). The number of likely N-dealkylation sites (tertiary alicyclic amines) is 2. The van der Waals surface area contributed by atoms with Gasteiger partial charge in [-0.05, 0) is 25.7 Å². The summed E-state index contributed by atoms with van der Waals surface area (Å²) in [6.07, 6.45) is 2.47. The van der Waals surface area contributed by atoms with Gasteiger partial charge in [-0.3, -0.25) is 14.5 Å². The van der Waals surface area contributed by atoms with Gasteiger partial charge in [-0.15, -0.1) is 0 Å². The number of morpholine rings is 1. The number of carbonyl (C=O) groups excluding carboxylic acids is 2. The Balaban J connectivity index is 1.48. The zero-order chi connectivity index (χ0) is 17.8. The second-order valence-electron chi connectivity index (χ2n) is 7.74. The minimum absolute atomic E-state index is 0.117. The average Bonchev–Trinajstić information content (AvgIpc) is 3.01. The molecule has 3 fully saturated rings. The van der Waals surface area contributed by atoms with E-state index in [-0.39, 0.29) is 23.8 Å². The zero-order valence-electron chi connectivity index (χ0n) is 15.4. The van der Waals surface area contributed by atoms with Crippen LogP contribution in [-0.4, -0.2) is 91.6 Å². The fourth-order valence-electron chi connectivity index (χ4n) is 4.14. The Morgan fingerprint density at radius 2 is 2.00 bits per heavy atom. The predicted molar refractivity (Wildman–Crippen MR) is 94.9 cm³/mol. The van der Waals surface area contributed by atoms with Gasteiger partial charge in [-0.1, -0.05) is 0 Å². The molecule has 3 aliphatic rings. The van der Waals surface area contributed by atoms with Crippen LogP contribution in [0.4, 0.5) is 0 Å². The van der Waals surface area contributed by atoms with Gasteiger partial charge < -0.3 is 20.3 Å². The summed E-state index contributed by atoms with van der Waals surface area (Å²) in [5.41, 5.74) is 6.02. The van der Waals surface area contributed by atoms with Crippen LogP contribution in [0, 0.1) is 11.8 Å². The second-order valence-corrected chi connectivity index (χ2v) is 7.74. The molecule has 3 saturated heterocycles. The van der Waals surface area contributed by atoms with Gasteiger partial charge in [0.15, 0.2) is 0 Å². The van der Waals surface area contributed by atoms with Crippen molar-refractivity contribution < 1.29 is 14.3 Å². The SMILES string of the molecule is CC(N)C1CCCN(C(=O)C2CC(=O)N(CCN3CCOCC3)C2)C1. The van der Waals surface area contributed by atoms with Crippen molar-refractivity contribution in [2.24, 2.45) is 17.6 Å². The van der Waals surface area contributed by atoms with E-state index in [0.29, 0.717) is 25.4 Å². The fraction of sp³-hybridized carbons (Fsp3) is 0.889. The van der Waals surface area contributed by atoms with Gasteiger partial charge in [0.1, 0.15) is 0 Å². The molecule has 0 aromatic heterocycles. The number of ether oxygens (including phenoxy) is 1. The van der Waals surface area contributed by atoms with Crippen molar-refractivity contribution in [3.8, 4) is 0 Å². The molecule has 0 spiro atoms. The summed E-state index contributed by atoms with van der Waals surface area (Å²) in [6, 6.07) is 0.117. The van der Waals surface area contributed by atoms with Crippen molar-refractivity contribution in [3.63, 3.8) is 0 Å². The summed E-state index contributed by atoms with van der Waals surface area (Å²) >= 11 is 0. The fourth-order valence-corrected chi connectivity index (χ4v) is 4.14. The van der Waals surface area contributed by atoms with E-state index in [4.69, 9.17) is 10.5 Å². The summed E-state index contributed by atoms with van der Waals surface area (Å²) in [4.78, 5) is 31.3. The molecule has 0 bridgehead atoms. The molecule has 3 atom stereocenters. The molecule has 3 unspecified atom stereocenters. The standard InChI is InChI=1S/C18H32N4O3/c1-14(19)15-3-2-4-22(12-15)18(24)16-11-17(23)21(13-16)6-5-20-7-9-25-10-8-20/h14-16H,2-13,19H2,1H3. The van der Waals surface area contributed by atoms with E-state index in [1.807, 2.05) is 16.7 Å². The van der Waals surface area contributed by atoms with E-state index in [2.05, 4.69) is 4.90 Å². The molecule has 2 amide bonds. The van der Waals surface area contributed by atoms with Gasteiger partial charge in [0.2, 0.25) is 11.8 Å². The van der Waals surface area contributed by atoms with Crippen LogP contribution < -0.4 is 5.73 Å². The van der Waals surface area contributed by atoms with Gasteiger partial charge >= 0.3 is 0 Å². The Morgan fingerprint density at radius 3 is 2.72 bits per heavy atom. The maximum atomic E-state index is 12.8. The first-order valence-electron chi connectivity index (χ1n) is 9.67. The summed E-state index contributed by atoms with van der Waals surface area (Å²) < 4.78 is 5.35. The third-order valence-corrected chi connectivity index (χ3v) is 5.87. The first kappa shape index (κ1) is 18.6. The van der Waals surface area contributed by atoms with E-state index < -0.39 is 0 Å². The second kappa shape index (κ2) is 8.47. The Bertz CT molecular complexity index is 479. The summed E-state index contributed by atoms with van der Waals surface area (Å²) in [6.45, 7) is 9.11. The number of nitrogens with zero attached hydrogens (tertiary/aromatic N) is 3. The number of piperidine rings is 1. The van der Waals surface area contributed by atoms with Crippen LogP contribution in [0.25, 0.3) is 0 Å². The monoisotopic (exact) mass is 352 g/mol. The highest BCUT2D eigenvalue weighted by atomic mass is 16.5. The zero-order valence-corrected chi connectivity index (χ0v) is 15.4. The largest absolute Gasteiger partial charge is 0.379 e. The number of amides is 2. The number of hydrogen-bond donors (Lipinski definition) is 1. The molecule has 0 radical (unpaired) electrons. The minimum atomic E-state index is -0.177. The molecule has 0 saturated carbocycles. The van der Waals surface area contributed by atoms with E-state index in [0.717, 1.165) is 58.8 Å². The average molecular weight is 352 g/mol. The van der Waals surface area contributed by atoms with Crippen molar-refractivity contribution in [1.82, 2.24) is 14.7 Å². The van der Waals surface area contributed by atoms with Gasteiger partial charge in [-0.2, -0.15) is 0 Å². The van der Waals surface area contributed by atoms with E-state index in [9.17, 15) is 9.59 Å². The van der Waals surface area contributed by atoms with Crippen LogP contribution in [0.15, 0.2) is 0 Å². The van der Waals surface area contributed by atoms with E-state index in [1.54, 1.807) is 0 Å². The molecule has 7 nitrogen and oxygen atoms in total. The molecule has 142 valence electrons. The summed E-state index contributed by atoms with van der Waals surface area (Å²) in [7, 11) is 0. The maximum absolute atomic E-state index is 12.8. The van der Waals surface area contributed by atoms with E-state index in [1.165, 1.54) is 0 Å². The predicted octanol–water partition coefficient (Wildman–Crippen LogP) is -0.247. The Morgan fingerprint density at radius 1 is 1.24 bits per heavy atom. The topological polar surface area (TPSA) is 79.1 Å². The van der Waals surface area contributed by atoms with Crippen LogP contribution >= 0.6 is 0 Å². The summed E-state index contributed by atoms with van der Waals surface area (Å²) in [5.74, 6) is 0.469. The number of nitrogens with two attached hydrogens (primary N) is 1. The first-order chi connectivity index (χ1) is 12.0. The van der Waals surface area contributed by atoms with Crippen LogP contribution in [0.1, 0.15) is 26.2 Å². The molecular weight excluding hydrogens is 320 g/mol. The molecular formula is C18H32N4O3. The lowest BCUT2D eigenvalue weighted by molar-refractivity contribution is -0.137. The minimum Gasteiger partial charge on any atom is -0.379 e. The molecule has 2 N–H and O–H groups in total. The maximum Gasteiger partial charge on any atom is 0.228 e. The third kappa shape index (κ3) is 4.71. The van der Waals surface area contributed by atoms with Crippen molar-refractivity contribution in [1.29, 1.82) is 0 Å². The van der Waals surface area contributed by atoms with Crippen molar-refractivity contribution in [3.05, 3.63) is 0 Å². The Kier molecular flexibility index (Phi) is 6.30. The van der Waals surface area contributed by atoms with E-state index >= 15 is 0 Å². The quantitative estimate of drug-likeness (QED) is 0.738. The molecule has 0 aliphatic carbocycles. The number of carbonyl (C=O) groups is 2. The van der Waals surface area contributed by atoms with Crippen LogP contribution in [-0.2, 0) is 14.3 Å². The lowest BCUT2D eigenvalue weighted by atomic mass is 9.91. The van der Waals surface area contributed by atoms with Gasteiger partial charge in [0.05, 0.1) is 19.1 Å².